The van der Waals surface area contributed by atoms with Crippen molar-refractivity contribution in [3.8, 4) is 0 Å². The Balaban J connectivity index is 1.87. The van der Waals surface area contributed by atoms with Crippen LogP contribution in [0.4, 0.5) is 0 Å². The van der Waals surface area contributed by atoms with Gasteiger partial charge in [0.05, 0.1) is 5.60 Å². The maximum absolute atomic E-state index is 11.6. The molecule has 0 aromatic carbocycles. The number of carbonyl (C=O) groups excluding carboxylic acids is 2. The first kappa shape index (κ1) is 10.4. The lowest BCUT2D eigenvalue weighted by Gasteiger charge is -2.18. The summed E-state index contributed by atoms with van der Waals surface area (Å²) in [6, 6.07) is 0.199. The van der Waals surface area contributed by atoms with Crippen molar-refractivity contribution in [2.24, 2.45) is 0 Å². The summed E-state index contributed by atoms with van der Waals surface area (Å²) < 4.78 is 0. The molecule has 2 aliphatic rings. The number of likely N-dealkylation sites (tertiary alicyclic amines) is 1. The molecule has 1 atom stereocenters. The van der Waals surface area contributed by atoms with Gasteiger partial charge in [0, 0.05) is 19.1 Å². The second kappa shape index (κ2) is 3.48. The van der Waals surface area contributed by atoms with Crippen molar-refractivity contribution in [2.45, 2.75) is 37.8 Å². The van der Waals surface area contributed by atoms with E-state index >= 15 is 0 Å². The molecule has 0 aromatic rings. The van der Waals surface area contributed by atoms with E-state index in [1.807, 2.05) is 0 Å². The minimum atomic E-state index is -0.838. The van der Waals surface area contributed by atoms with Gasteiger partial charge in [0.25, 0.3) is 0 Å². The summed E-state index contributed by atoms with van der Waals surface area (Å²) >= 11 is 0. The van der Waals surface area contributed by atoms with Crippen molar-refractivity contribution in [3.05, 3.63) is 0 Å². The van der Waals surface area contributed by atoms with E-state index in [-0.39, 0.29) is 12.6 Å². The van der Waals surface area contributed by atoms with Crippen LogP contribution in [0.1, 0.15) is 26.2 Å². The number of β-amino-alcohol motifs (C(OH)–C–C–N with tert-alkyl or cyclic N) is 1. The minimum Gasteiger partial charge on any atom is -0.388 e. The summed E-state index contributed by atoms with van der Waals surface area (Å²) in [5.41, 5.74) is -0.838. The molecule has 1 aliphatic heterocycles. The zero-order chi connectivity index (χ0) is 11.1. The average molecular weight is 212 g/mol. The third kappa shape index (κ3) is 2.47. The van der Waals surface area contributed by atoms with E-state index in [0.717, 1.165) is 12.8 Å². The van der Waals surface area contributed by atoms with Gasteiger partial charge in [-0.3, -0.25) is 9.59 Å². The van der Waals surface area contributed by atoms with E-state index < -0.39 is 17.4 Å². The normalized spacial score (nSPS) is 30.4. The summed E-state index contributed by atoms with van der Waals surface area (Å²) in [6.45, 7) is 2.40. The Morgan fingerprint density at radius 2 is 2.13 bits per heavy atom. The highest BCUT2D eigenvalue weighted by atomic mass is 16.3. The van der Waals surface area contributed by atoms with Crippen molar-refractivity contribution in [2.75, 3.05) is 13.1 Å². The fourth-order valence-electron chi connectivity index (χ4n) is 1.74. The minimum absolute atomic E-state index is 0.199. The molecule has 5 heteroatoms. The number of rotatable bonds is 1. The molecule has 2 rings (SSSR count). The number of amides is 2. The van der Waals surface area contributed by atoms with Crippen LogP contribution in [0.2, 0.25) is 0 Å². The molecule has 1 unspecified atom stereocenters. The lowest BCUT2D eigenvalue weighted by Crippen LogP contribution is -2.44. The van der Waals surface area contributed by atoms with E-state index in [2.05, 4.69) is 5.32 Å². The van der Waals surface area contributed by atoms with E-state index in [0.29, 0.717) is 13.0 Å². The van der Waals surface area contributed by atoms with Gasteiger partial charge in [0.1, 0.15) is 0 Å². The number of nitrogens with zero attached hydrogens (tertiary/aromatic N) is 1. The highest BCUT2D eigenvalue weighted by Gasteiger charge is 2.37. The Hall–Kier alpha value is -1.10. The summed E-state index contributed by atoms with van der Waals surface area (Å²) in [5.74, 6) is -1.05. The molecular formula is C10H16N2O3. The third-order valence-corrected chi connectivity index (χ3v) is 2.85. The van der Waals surface area contributed by atoms with Crippen LogP contribution in [0, 0.1) is 0 Å². The monoisotopic (exact) mass is 212 g/mol. The van der Waals surface area contributed by atoms with Gasteiger partial charge in [0.15, 0.2) is 0 Å². The predicted molar refractivity (Wildman–Crippen MR) is 53.0 cm³/mol. The molecule has 1 saturated carbocycles. The molecule has 1 saturated heterocycles. The number of hydrogen-bond donors (Lipinski definition) is 2. The van der Waals surface area contributed by atoms with Crippen molar-refractivity contribution in [3.63, 3.8) is 0 Å². The third-order valence-electron chi connectivity index (χ3n) is 2.85. The van der Waals surface area contributed by atoms with Gasteiger partial charge in [-0.05, 0) is 26.2 Å². The van der Waals surface area contributed by atoms with Crippen molar-refractivity contribution >= 4 is 11.8 Å². The highest BCUT2D eigenvalue weighted by molar-refractivity contribution is 6.35. The Bertz CT molecular complexity index is 297. The Morgan fingerprint density at radius 1 is 1.47 bits per heavy atom. The number of hydrogen-bond acceptors (Lipinski definition) is 3. The van der Waals surface area contributed by atoms with Crippen LogP contribution in [0.15, 0.2) is 0 Å². The molecule has 1 aliphatic carbocycles. The molecule has 0 spiro atoms. The molecule has 2 amide bonds. The molecule has 2 N–H and O–H groups in total. The topological polar surface area (TPSA) is 69.6 Å². The molecule has 15 heavy (non-hydrogen) atoms. The molecule has 5 nitrogen and oxygen atoms in total. The molecule has 0 bridgehead atoms. The largest absolute Gasteiger partial charge is 0.388 e. The lowest BCUT2D eigenvalue weighted by molar-refractivity contribution is -0.145. The number of nitrogens with one attached hydrogen (secondary N) is 1. The number of aliphatic hydroxyl groups is 1. The van der Waals surface area contributed by atoms with E-state index in [1.165, 1.54) is 4.90 Å². The molecule has 2 fully saturated rings. The summed E-state index contributed by atoms with van der Waals surface area (Å²) in [6.07, 6.45) is 2.48. The van der Waals surface area contributed by atoms with Crippen molar-refractivity contribution in [1.82, 2.24) is 10.2 Å². The predicted octanol–water partition coefficient (Wildman–Crippen LogP) is -0.752. The van der Waals surface area contributed by atoms with Crippen LogP contribution in [-0.4, -0.2) is 46.6 Å². The van der Waals surface area contributed by atoms with Crippen LogP contribution in [0.5, 0.6) is 0 Å². The first-order valence-corrected chi connectivity index (χ1v) is 5.30. The Labute approximate surface area is 88.4 Å². The van der Waals surface area contributed by atoms with E-state index in [4.69, 9.17) is 0 Å². The summed E-state index contributed by atoms with van der Waals surface area (Å²) in [4.78, 5) is 24.4. The first-order valence-electron chi connectivity index (χ1n) is 5.30. The van der Waals surface area contributed by atoms with Gasteiger partial charge >= 0.3 is 11.8 Å². The molecular weight excluding hydrogens is 196 g/mol. The zero-order valence-electron chi connectivity index (χ0n) is 8.82. The Kier molecular flexibility index (Phi) is 2.42. The van der Waals surface area contributed by atoms with E-state index in [1.54, 1.807) is 6.92 Å². The van der Waals surface area contributed by atoms with Crippen LogP contribution in [0.3, 0.4) is 0 Å². The second-order valence-corrected chi connectivity index (χ2v) is 4.72. The Morgan fingerprint density at radius 3 is 2.60 bits per heavy atom. The fraction of sp³-hybridized carbons (Fsp3) is 0.800. The summed E-state index contributed by atoms with van der Waals surface area (Å²) in [5, 5.41) is 12.3. The first-order chi connectivity index (χ1) is 6.98. The van der Waals surface area contributed by atoms with Gasteiger partial charge in [-0.15, -0.1) is 0 Å². The van der Waals surface area contributed by atoms with Gasteiger partial charge in [0.2, 0.25) is 0 Å². The van der Waals surface area contributed by atoms with Gasteiger partial charge in [-0.2, -0.15) is 0 Å². The zero-order valence-corrected chi connectivity index (χ0v) is 8.82. The fourth-order valence-corrected chi connectivity index (χ4v) is 1.74. The maximum Gasteiger partial charge on any atom is 0.311 e. The second-order valence-electron chi connectivity index (χ2n) is 4.72. The van der Waals surface area contributed by atoms with Crippen molar-refractivity contribution in [1.29, 1.82) is 0 Å². The molecule has 84 valence electrons. The van der Waals surface area contributed by atoms with Crippen molar-refractivity contribution < 1.29 is 14.7 Å². The highest BCUT2D eigenvalue weighted by Crippen LogP contribution is 2.21. The average Bonchev–Trinajstić information content (AvgIpc) is 2.88. The van der Waals surface area contributed by atoms with Crippen LogP contribution in [0.25, 0.3) is 0 Å². The number of carbonyl (C=O) groups is 2. The van der Waals surface area contributed by atoms with E-state index in [9.17, 15) is 14.7 Å². The SMILES string of the molecule is CC1(O)CCN(C(=O)C(=O)NC2CC2)C1. The smallest absolute Gasteiger partial charge is 0.311 e. The molecule has 0 radical (unpaired) electrons. The van der Waals surface area contributed by atoms with Gasteiger partial charge in [-0.25, -0.2) is 0 Å². The van der Waals surface area contributed by atoms with Gasteiger partial charge < -0.3 is 15.3 Å². The van der Waals surface area contributed by atoms with Crippen LogP contribution in [-0.2, 0) is 9.59 Å². The molecule has 1 heterocycles. The van der Waals surface area contributed by atoms with Crippen LogP contribution >= 0.6 is 0 Å². The quantitative estimate of drug-likeness (QED) is 0.562. The van der Waals surface area contributed by atoms with Crippen LogP contribution < -0.4 is 5.32 Å². The molecule has 0 aromatic heterocycles. The maximum atomic E-state index is 11.6. The van der Waals surface area contributed by atoms with Gasteiger partial charge in [-0.1, -0.05) is 0 Å². The lowest BCUT2D eigenvalue weighted by atomic mass is 10.1. The summed E-state index contributed by atoms with van der Waals surface area (Å²) in [7, 11) is 0. The standard InChI is InChI=1S/C10H16N2O3/c1-10(15)4-5-12(6-10)9(14)8(13)11-7-2-3-7/h7,15H,2-6H2,1H3,(H,11,13).